The number of nitrogens with one attached hydrogen (secondary N) is 3. The molecule has 0 saturated carbocycles. The monoisotopic (exact) mass is 418 g/mol. The number of ether oxygens (including phenoxy) is 1. The maximum Gasteiger partial charge on any atom is 0.279 e. The zero-order chi connectivity index (χ0) is 21.4. The average molecular weight is 419 g/mol. The van der Waals surface area contributed by atoms with Gasteiger partial charge in [0.25, 0.3) is 11.8 Å². The molecular weight excluding hydrogens is 390 g/mol. The first kappa shape index (κ1) is 22.7. The second-order valence-electron chi connectivity index (χ2n) is 7.15. The lowest BCUT2D eigenvalue weighted by atomic mass is 9.97. The molecule has 3 N–H and O–H groups in total. The topological polar surface area (TPSA) is 71.9 Å². The molecule has 2 amide bonds. The summed E-state index contributed by atoms with van der Waals surface area (Å²) in [6.45, 7) is 4.57. The molecule has 0 fully saturated rings. The molecule has 0 heterocycles. The molecule has 7 heteroatoms. The predicted octanol–water partition coefficient (Wildman–Crippen LogP) is 2.95. The summed E-state index contributed by atoms with van der Waals surface area (Å²) in [7, 11) is 3.33. The number of likely N-dealkylation sites (N-methyl/N-ethyl adjacent to an activating group) is 1. The van der Waals surface area contributed by atoms with Crippen molar-refractivity contribution in [1.29, 1.82) is 0 Å². The van der Waals surface area contributed by atoms with Crippen LogP contribution in [0.1, 0.15) is 31.7 Å². The molecule has 2 aromatic carbocycles. The van der Waals surface area contributed by atoms with Crippen LogP contribution in [-0.2, 0) is 9.59 Å². The summed E-state index contributed by atoms with van der Waals surface area (Å²) in [5.74, 6) is 0.525. The Balaban J connectivity index is 1.92. The van der Waals surface area contributed by atoms with Gasteiger partial charge in [0.05, 0.1) is 19.8 Å². The number of rotatable bonds is 9. The summed E-state index contributed by atoms with van der Waals surface area (Å²) in [4.78, 5) is 25.6. The van der Waals surface area contributed by atoms with Crippen LogP contribution in [0.25, 0.3) is 0 Å². The van der Waals surface area contributed by atoms with Gasteiger partial charge in [0.15, 0.2) is 13.1 Å². The van der Waals surface area contributed by atoms with E-state index < -0.39 is 0 Å². The van der Waals surface area contributed by atoms with Gasteiger partial charge in [0, 0.05) is 10.7 Å². The Morgan fingerprint density at radius 3 is 2.31 bits per heavy atom. The van der Waals surface area contributed by atoms with E-state index in [9.17, 15) is 9.59 Å². The first-order valence-electron chi connectivity index (χ1n) is 9.67. The van der Waals surface area contributed by atoms with Crippen molar-refractivity contribution in [1.82, 2.24) is 0 Å². The molecule has 0 aromatic heterocycles. The van der Waals surface area contributed by atoms with Crippen molar-refractivity contribution in [2.24, 2.45) is 0 Å². The first-order valence-corrected chi connectivity index (χ1v) is 10.0. The van der Waals surface area contributed by atoms with Crippen molar-refractivity contribution in [2.75, 3.05) is 37.9 Å². The van der Waals surface area contributed by atoms with E-state index in [1.807, 2.05) is 24.3 Å². The van der Waals surface area contributed by atoms with Gasteiger partial charge in [-0.05, 0) is 42.2 Å². The highest BCUT2D eigenvalue weighted by Gasteiger charge is 2.17. The maximum atomic E-state index is 12.5. The van der Waals surface area contributed by atoms with Crippen molar-refractivity contribution < 1.29 is 19.2 Å². The molecular formula is C22H29ClN3O3+. The molecule has 0 spiro atoms. The van der Waals surface area contributed by atoms with Crippen LogP contribution in [0.2, 0.25) is 5.02 Å². The van der Waals surface area contributed by atoms with Crippen LogP contribution in [0, 0.1) is 0 Å². The number of para-hydroxylation sites is 1. The van der Waals surface area contributed by atoms with Gasteiger partial charge in [0.1, 0.15) is 5.75 Å². The lowest BCUT2D eigenvalue weighted by Gasteiger charge is -2.17. The molecule has 2 atom stereocenters. The molecule has 6 nitrogen and oxygen atoms in total. The zero-order valence-corrected chi connectivity index (χ0v) is 18.1. The third-order valence-corrected chi connectivity index (χ3v) is 4.97. The molecule has 156 valence electrons. The second kappa shape index (κ2) is 10.8. The summed E-state index contributed by atoms with van der Waals surface area (Å²) >= 11 is 5.99. The Kier molecular flexibility index (Phi) is 8.49. The lowest BCUT2D eigenvalue weighted by molar-refractivity contribution is -0.862. The third kappa shape index (κ3) is 6.76. The number of carbonyl (C=O) groups excluding carboxylic acids is 2. The minimum atomic E-state index is -0.226. The number of hydrogen-bond acceptors (Lipinski definition) is 3. The number of carbonyl (C=O) groups is 2. The molecule has 29 heavy (non-hydrogen) atoms. The van der Waals surface area contributed by atoms with E-state index in [2.05, 4.69) is 24.5 Å². The molecule has 2 aromatic rings. The smallest absolute Gasteiger partial charge is 0.279 e. The number of amides is 2. The number of anilines is 2. The standard InChI is InChI=1S/C22H28ClN3O3/c1-5-15(2)17-8-6-7-9-18(17)24-21(27)13-26(3)14-22(28)25-19-12-16(23)10-11-20(19)29-4/h6-12,15H,5,13-14H2,1-4H3,(H,24,27)(H,25,28)/p+1/t15-/m1/s1. The fraction of sp³-hybridized carbons (Fsp3) is 0.364. The average Bonchev–Trinajstić information content (AvgIpc) is 2.67. The highest BCUT2D eigenvalue weighted by molar-refractivity contribution is 6.31. The second-order valence-corrected chi connectivity index (χ2v) is 7.58. The van der Waals surface area contributed by atoms with Crippen molar-refractivity contribution >= 4 is 34.8 Å². The first-order chi connectivity index (χ1) is 13.8. The molecule has 0 aliphatic heterocycles. The Hall–Kier alpha value is -2.57. The van der Waals surface area contributed by atoms with Crippen LogP contribution in [-0.4, -0.2) is 39.1 Å². The number of methoxy groups -OCH3 is 1. The molecule has 1 unspecified atom stereocenters. The van der Waals surface area contributed by atoms with Crippen LogP contribution in [0.15, 0.2) is 42.5 Å². The Labute approximate surface area is 177 Å². The maximum absolute atomic E-state index is 12.5. The highest BCUT2D eigenvalue weighted by Crippen LogP contribution is 2.27. The quantitative estimate of drug-likeness (QED) is 0.586. The summed E-state index contributed by atoms with van der Waals surface area (Å²) in [5.41, 5.74) is 2.45. The highest BCUT2D eigenvalue weighted by atomic mass is 35.5. The zero-order valence-electron chi connectivity index (χ0n) is 17.3. The number of quaternary nitrogens is 1. The van der Waals surface area contributed by atoms with E-state index >= 15 is 0 Å². The van der Waals surface area contributed by atoms with Gasteiger partial charge in [-0.1, -0.05) is 43.6 Å². The van der Waals surface area contributed by atoms with E-state index in [0.717, 1.165) is 22.6 Å². The number of benzene rings is 2. The fourth-order valence-electron chi connectivity index (χ4n) is 3.04. The van der Waals surface area contributed by atoms with Gasteiger partial charge in [-0.15, -0.1) is 0 Å². The van der Waals surface area contributed by atoms with E-state index in [1.54, 1.807) is 25.2 Å². The van der Waals surface area contributed by atoms with Crippen LogP contribution in [0.5, 0.6) is 5.75 Å². The third-order valence-electron chi connectivity index (χ3n) is 4.74. The summed E-state index contributed by atoms with van der Waals surface area (Å²) in [6, 6.07) is 12.8. The van der Waals surface area contributed by atoms with Crippen LogP contribution < -0.4 is 20.3 Å². The van der Waals surface area contributed by atoms with Crippen molar-refractivity contribution in [2.45, 2.75) is 26.2 Å². The summed E-state index contributed by atoms with van der Waals surface area (Å²) in [5, 5.41) is 6.26. The SMILES string of the molecule is CC[C@@H](C)c1ccccc1NC(=O)C[NH+](C)CC(=O)Nc1cc(Cl)ccc1OC. The van der Waals surface area contributed by atoms with E-state index in [0.29, 0.717) is 22.4 Å². The van der Waals surface area contributed by atoms with Crippen LogP contribution in [0.3, 0.4) is 0 Å². The van der Waals surface area contributed by atoms with Gasteiger partial charge >= 0.3 is 0 Å². The Morgan fingerprint density at radius 2 is 1.69 bits per heavy atom. The van der Waals surface area contributed by atoms with Gasteiger partial charge in [-0.3, -0.25) is 9.59 Å². The molecule has 2 rings (SSSR count). The van der Waals surface area contributed by atoms with Gasteiger partial charge in [-0.2, -0.15) is 0 Å². The minimum absolute atomic E-state index is 0.133. The van der Waals surface area contributed by atoms with Crippen LogP contribution >= 0.6 is 11.6 Å². The van der Waals surface area contributed by atoms with Gasteiger partial charge in [0.2, 0.25) is 0 Å². The molecule has 0 bridgehead atoms. The number of halogens is 1. The Bertz CT molecular complexity index is 857. The minimum Gasteiger partial charge on any atom is -0.495 e. The summed E-state index contributed by atoms with van der Waals surface area (Å²) in [6.07, 6.45) is 0.991. The number of hydrogen-bond donors (Lipinski definition) is 3. The van der Waals surface area contributed by atoms with Crippen molar-refractivity contribution in [3.63, 3.8) is 0 Å². The Morgan fingerprint density at radius 1 is 1.07 bits per heavy atom. The normalized spacial score (nSPS) is 12.7. The van der Waals surface area contributed by atoms with Crippen molar-refractivity contribution in [3.05, 3.63) is 53.1 Å². The van der Waals surface area contributed by atoms with Crippen molar-refractivity contribution in [3.8, 4) is 5.75 Å². The molecule has 0 radical (unpaired) electrons. The van der Waals surface area contributed by atoms with E-state index in [4.69, 9.17) is 16.3 Å². The lowest BCUT2D eigenvalue weighted by Crippen LogP contribution is -3.11. The summed E-state index contributed by atoms with van der Waals surface area (Å²) < 4.78 is 5.23. The van der Waals surface area contributed by atoms with Crippen LogP contribution in [0.4, 0.5) is 11.4 Å². The van der Waals surface area contributed by atoms with Gasteiger partial charge in [-0.25, -0.2) is 0 Å². The molecule has 0 aliphatic rings. The van der Waals surface area contributed by atoms with E-state index in [1.165, 1.54) is 7.11 Å². The fourth-order valence-corrected chi connectivity index (χ4v) is 3.21. The molecule has 0 aliphatic carbocycles. The van der Waals surface area contributed by atoms with E-state index in [-0.39, 0.29) is 24.9 Å². The molecule has 0 saturated heterocycles. The largest absolute Gasteiger partial charge is 0.495 e. The van der Waals surface area contributed by atoms with Gasteiger partial charge < -0.3 is 20.3 Å². The predicted molar refractivity (Wildman–Crippen MR) is 117 cm³/mol.